The highest BCUT2D eigenvalue weighted by atomic mass is 16.5. The summed E-state index contributed by atoms with van der Waals surface area (Å²) in [5, 5.41) is 7.29. The van der Waals surface area contributed by atoms with Crippen molar-refractivity contribution in [1.82, 2.24) is 24.9 Å². The molecule has 2 amide bonds. The third-order valence-corrected chi connectivity index (χ3v) is 4.48. The van der Waals surface area contributed by atoms with E-state index in [1.807, 2.05) is 6.07 Å². The summed E-state index contributed by atoms with van der Waals surface area (Å²) >= 11 is 0. The van der Waals surface area contributed by atoms with Crippen molar-refractivity contribution >= 4 is 17.5 Å². The van der Waals surface area contributed by atoms with Gasteiger partial charge in [-0.3, -0.25) is 9.59 Å². The molecule has 10 heteroatoms. The van der Waals surface area contributed by atoms with Crippen LogP contribution in [0.1, 0.15) is 44.6 Å². The highest BCUT2D eigenvalue weighted by Gasteiger charge is 2.26. The van der Waals surface area contributed by atoms with Crippen molar-refractivity contribution < 1.29 is 19.1 Å². The van der Waals surface area contributed by atoms with Gasteiger partial charge in [-0.1, -0.05) is 6.07 Å². The van der Waals surface area contributed by atoms with Crippen molar-refractivity contribution in [2.75, 3.05) is 13.7 Å². The van der Waals surface area contributed by atoms with Crippen LogP contribution < -0.4 is 15.8 Å². The Labute approximate surface area is 159 Å². The Kier molecular flexibility index (Phi) is 4.62. The number of hydrogen-bond acceptors (Lipinski definition) is 7. The first-order valence-corrected chi connectivity index (χ1v) is 8.64. The SMILES string of the molecule is COCc1nn2c(C(=O)NC3CCOc4ncccc43)ccnc2c1C(N)=O. The average molecular weight is 382 g/mol. The molecule has 0 aromatic carbocycles. The lowest BCUT2D eigenvalue weighted by Gasteiger charge is -2.25. The fourth-order valence-electron chi connectivity index (χ4n) is 3.25. The largest absolute Gasteiger partial charge is 0.477 e. The molecule has 4 heterocycles. The number of carbonyl (C=O) groups excluding carboxylic acids is 2. The zero-order chi connectivity index (χ0) is 19.7. The maximum Gasteiger partial charge on any atom is 0.270 e. The van der Waals surface area contributed by atoms with Gasteiger partial charge in [0.2, 0.25) is 5.88 Å². The first-order chi connectivity index (χ1) is 13.6. The third kappa shape index (κ3) is 3.03. The van der Waals surface area contributed by atoms with Gasteiger partial charge < -0.3 is 20.5 Å². The summed E-state index contributed by atoms with van der Waals surface area (Å²) < 4.78 is 11.9. The number of nitrogens with one attached hydrogen (secondary N) is 1. The molecule has 10 nitrogen and oxygen atoms in total. The molecule has 3 aromatic rings. The summed E-state index contributed by atoms with van der Waals surface area (Å²) in [4.78, 5) is 33.2. The van der Waals surface area contributed by atoms with Crippen LogP contribution >= 0.6 is 0 Å². The first-order valence-electron chi connectivity index (χ1n) is 8.64. The monoisotopic (exact) mass is 382 g/mol. The van der Waals surface area contributed by atoms with Gasteiger partial charge in [0.25, 0.3) is 11.8 Å². The predicted molar refractivity (Wildman–Crippen MR) is 96.8 cm³/mol. The molecule has 0 bridgehead atoms. The molecule has 3 aromatic heterocycles. The van der Waals surface area contributed by atoms with Crippen molar-refractivity contribution in [2.24, 2.45) is 5.73 Å². The zero-order valence-corrected chi connectivity index (χ0v) is 15.1. The van der Waals surface area contributed by atoms with E-state index in [0.717, 1.165) is 5.56 Å². The highest BCUT2D eigenvalue weighted by Crippen LogP contribution is 2.29. The predicted octanol–water partition coefficient (Wildman–Crippen LogP) is 0.623. The molecule has 0 spiro atoms. The number of nitrogens with zero attached hydrogens (tertiary/aromatic N) is 4. The summed E-state index contributed by atoms with van der Waals surface area (Å²) in [7, 11) is 1.48. The summed E-state index contributed by atoms with van der Waals surface area (Å²) in [5.41, 5.74) is 7.18. The summed E-state index contributed by atoms with van der Waals surface area (Å²) in [6.45, 7) is 0.522. The second-order valence-electron chi connectivity index (χ2n) is 6.25. The molecule has 1 atom stereocenters. The first kappa shape index (κ1) is 17.9. The summed E-state index contributed by atoms with van der Waals surface area (Å²) in [6.07, 6.45) is 3.69. The Balaban J connectivity index is 1.71. The van der Waals surface area contributed by atoms with Crippen LogP contribution in [-0.4, -0.2) is 45.1 Å². The molecule has 1 unspecified atom stereocenters. The Morgan fingerprint density at radius 2 is 2.21 bits per heavy atom. The number of ether oxygens (including phenoxy) is 2. The van der Waals surface area contributed by atoms with Crippen molar-refractivity contribution in [2.45, 2.75) is 19.1 Å². The molecular weight excluding hydrogens is 364 g/mol. The minimum absolute atomic E-state index is 0.0711. The van der Waals surface area contributed by atoms with Gasteiger partial charge in [-0.15, -0.1) is 0 Å². The van der Waals surface area contributed by atoms with Crippen molar-refractivity contribution in [3.63, 3.8) is 0 Å². The van der Waals surface area contributed by atoms with E-state index in [-0.39, 0.29) is 35.5 Å². The molecule has 1 aliphatic rings. The third-order valence-electron chi connectivity index (χ3n) is 4.48. The van der Waals surface area contributed by atoms with Gasteiger partial charge in [0.05, 0.1) is 19.3 Å². The van der Waals surface area contributed by atoms with Crippen LogP contribution in [0.5, 0.6) is 5.88 Å². The number of amides is 2. The molecule has 0 aliphatic carbocycles. The standard InChI is InChI=1S/C18H18N6O4/c1-27-9-12-14(15(19)25)16-20-7-4-13(24(16)23-12)17(26)22-11-5-8-28-18-10(11)3-2-6-21-18/h2-4,6-7,11H,5,8-9H2,1H3,(H2,19,25)(H,22,26). The topological polar surface area (TPSA) is 134 Å². The number of carbonyl (C=O) groups is 2. The molecule has 4 rings (SSSR count). The number of pyridine rings is 1. The Bertz CT molecular complexity index is 1060. The lowest BCUT2D eigenvalue weighted by atomic mass is 10.0. The molecular formula is C18H18N6O4. The maximum atomic E-state index is 13.0. The van der Waals surface area contributed by atoms with Crippen LogP contribution in [-0.2, 0) is 11.3 Å². The fourth-order valence-corrected chi connectivity index (χ4v) is 3.25. The van der Waals surface area contributed by atoms with Gasteiger partial charge in [0.15, 0.2) is 5.65 Å². The molecule has 1 aliphatic heterocycles. The average Bonchev–Trinajstić information content (AvgIpc) is 3.06. The molecule has 0 saturated carbocycles. The van der Waals surface area contributed by atoms with Crippen LogP contribution in [0.15, 0.2) is 30.6 Å². The fraction of sp³-hybridized carbons (Fsp3) is 0.278. The van der Waals surface area contributed by atoms with Crippen LogP contribution in [0.4, 0.5) is 0 Å². The number of hydrogen-bond donors (Lipinski definition) is 2. The van der Waals surface area contributed by atoms with Crippen LogP contribution in [0.2, 0.25) is 0 Å². The number of nitrogens with two attached hydrogens (primary N) is 1. The quantitative estimate of drug-likeness (QED) is 0.661. The number of fused-ring (bicyclic) bond motifs is 2. The molecule has 3 N–H and O–H groups in total. The lowest BCUT2D eigenvalue weighted by Crippen LogP contribution is -2.33. The van der Waals surface area contributed by atoms with E-state index in [1.165, 1.54) is 23.9 Å². The zero-order valence-electron chi connectivity index (χ0n) is 15.1. The van der Waals surface area contributed by atoms with Gasteiger partial charge in [-0.25, -0.2) is 14.5 Å². The van der Waals surface area contributed by atoms with Crippen molar-refractivity contribution in [3.8, 4) is 5.88 Å². The summed E-state index contributed by atoms with van der Waals surface area (Å²) in [6, 6.07) is 4.93. The number of aromatic nitrogens is 4. The van der Waals surface area contributed by atoms with Crippen molar-refractivity contribution in [1.29, 1.82) is 0 Å². The second kappa shape index (κ2) is 7.24. The van der Waals surface area contributed by atoms with Crippen LogP contribution in [0, 0.1) is 0 Å². The van der Waals surface area contributed by atoms with Gasteiger partial charge in [0.1, 0.15) is 17.0 Å². The molecule has 0 fully saturated rings. The van der Waals surface area contributed by atoms with E-state index in [9.17, 15) is 9.59 Å². The smallest absolute Gasteiger partial charge is 0.270 e. The minimum atomic E-state index is -0.684. The van der Waals surface area contributed by atoms with E-state index in [0.29, 0.717) is 24.6 Å². The second-order valence-corrected chi connectivity index (χ2v) is 6.25. The van der Waals surface area contributed by atoms with Crippen LogP contribution in [0.3, 0.4) is 0 Å². The van der Waals surface area contributed by atoms with Gasteiger partial charge in [-0.2, -0.15) is 5.10 Å². The van der Waals surface area contributed by atoms with E-state index in [2.05, 4.69) is 20.4 Å². The van der Waals surface area contributed by atoms with Gasteiger partial charge in [-0.05, 0) is 12.1 Å². The Morgan fingerprint density at radius 1 is 1.36 bits per heavy atom. The number of rotatable bonds is 5. The van der Waals surface area contributed by atoms with E-state index in [4.69, 9.17) is 15.2 Å². The minimum Gasteiger partial charge on any atom is -0.477 e. The molecule has 28 heavy (non-hydrogen) atoms. The lowest BCUT2D eigenvalue weighted by molar-refractivity contribution is 0.0915. The normalized spacial score (nSPS) is 15.7. The molecule has 144 valence electrons. The molecule has 0 radical (unpaired) electrons. The van der Waals surface area contributed by atoms with E-state index < -0.39 is 5.91 Å². The Morgan fingerprint density at radius 3 is 3.00 bits per heavy atom. The highest BCUT2D eigenvalue weighted by molar-refractivity contribution is 6.01. The van der Waals surface area contributed by atoms with Crippen molar-refractivity contribution in [3.05, 3.63) is 53.1 Å². The van der Waals surface area contributed by atoms with Gasteiger partial charge >= 0.3 is 0 Å². The molecule has 0 saturated heterocycles. The van der Waals surface area contributed by atoms with E-state index >= 15 is 0 Å². The van der Waals surface area contributed by atoms with E-state index in [1.54, 1.807) is 12.3 Å². The van der Waals surface area contributed by atoms with Crippen LogP contribution in [0.25, 0.3) is 5.65 Å². The Hall–Kier alpha value is -3.53. The van der Waals surface area contributed by atoms with Gasteiger partial charge in [0, 0.05) is 31.5 Å². The summed E-state index contributed by atoms with van der Waals surface area (Å²) in [5.74, 6) is -0.537. The number of primary amides is 1. The number of methoxy groups -OCH3 is 1. The maximum absolute atomic E-state index is 13.0.